The molecule has 1 unspecified atom stereocenters. The van der Waals surface area contributed by atoms with Crippen molar-refractivity contribution in [2.45, 2.75) is 39.5 Å². The predicted molar refractivity (Wildman–Crippen MR) is 68.9 cm³/mol. The van der Waals surface area contributed by atoms with E-state index in [-0.39, 0.29) is 11.3 Å². The van der Waals surface area contributed by atoms with Crippen molar-refractivity contribution in [1.29, 1.82) is 0 Å². The van der Waals surface area contributed by atoms with Crippen LogP contribution >= 0.6 is 0 Å². The SMILES string of the molecule is CCCOCCC(=O)NCC1(C)CCCNC1. The van der Waals surface area contributed by atoms with Crippen LogP contribution in [0.4, 0.5) is 0 Å². The van der Waals surface area contributed by atoms with Gasteiger partial charge in [-0.3, -0.25) is 4.79 Å². The van der Waals surface area contributed by atoms with Crippen LogP contribution in [0.3, 0.4) is 0 Å². The fourth-order valence-corrected chi connectivity index (χ4v) is 2.08. The summed E-state index contributed by atoms with van der Waals surface area (Å²) < 4.78 is 5.30. The van der Waals surface area contributed by atoms with Gasteiger partial charge in [0, 0.05) is 26.1 Å². The third-order valence-corrected chi connectivity index (χ3v) is 3.22. The van der Waals surface area contributed by atoms with Gasteiger partial charge in [0.05, 0.1) is 6.61 Å². The molecule has 1 heterocycles. The molecule has 0 spiro atoms. The molecule has 0 aliphatic carbocycles. The summed E-state index contributed by atoms with van der Waals surface area (Å²) in [5.74, 6) is 0.105. The predicted octanol–water partition coefficient (Wildman–Crippen LogP) is 1.31. The number of carbonyl (C=O) groups excluding carboxylic acids is 1. The molecule has 1 rings (SSSR count). The van der Waals surface area contributed by atoms with E-state index in [1.807, 2.05) is 0 Å². The van der Waals surface area contributed by atoms with Crippen molar-refractivity contribution >= 4 is 5.91 Å². The van der Waals surface area contributed by atoms with Gasteiger partial charge in [-0.2, -0.15) is 0 Å². The molecule has 0 aromatic carbocycles. The third kappa shape index (κ3) is 6.03. The summed E-state index contributed by atoms with van der Waals surface area (Å²) in [6, 6.07) is 0. The van der Waals surface area contributed by atoms with E-state index in [1.54, 1.807) is 0 Å². The fourth-order valence-electron chi connectivity index (χ4n) is 2.08. The molecule has 17 heavy (non-hydrogen) atoms. The standard InChI is InChI=1S/C13H26N2O2/c1-3-8-17-9-5-12(16)15-11-13(2)6-4-7-14-10-13/h14H,3-11H2,1-2H3,(H,15,16). The van der Waals surface area contributed by atoms with Gasteiger partial charge >= 0.3 is 0 Å². The van der Waals surface area contributed by atoms with Crippen LogP contribution in [0.2, 0.25) is 0 Å². The minimum Gasteiger partial charge on any atom is -0.381 e. The maximum Gasteiger partial charge on any atom is 0.222 e. The normalized spacial score (nSPS) is 24.6. The lowest BCUT2D eigenvalue weighted by Gasteiger charge is -2.34. The second-order valence-electron chi connectivity index (χ2n) is 5.23. The maximum absolute atomic E-state index is 11.6. The molecule has 1 aliphatic rings. The Hall–Kier alpha value is -0.610. The van der Waals surface area contributed by atoms with Gasteiger partial charge in [0.2, 0.25) is 5.91 Å². The van der Waals surface area contributed by atoms with Gasteiger partial charge in [0.15, 0.2) is 0 Å². The Kier molecular flexibility index (Phi) is 6.52. The van der Waals surface area contributed by atoms with Crippen molar-refractivity contribution in [2.75, 3.05) is 32.8 Å². The van der Waals surface area contributed by atoms with Gasteiger partial charge in [-0.1, -0.05) is 13.8 Å². The van der Waals surface area contributed by atoms with Crippen molar-refractivity contribution in [3.8, 4) is 0 Å². The first-order valence-corrected chi connectivity index (χ1v) is 6.71. The molecule has 1 aliphatic heterocycles. The zero-order valence-corrected chi connectivity index (χ0v) is 11.2. The Morgan fingerprint density at radius 3 is 2.94 bits per heavy atom. The van der Waals surface area contributed by atoms with Crippen LogP contribution in [0, 0.1) is 5.41 Å². The van der Waals surface area contributed by atoms with Crippen LogP contribution in [0.25, 0.3) is 0 Å². The average Bonchev–Trinajstić information content (AvgIpc) is 2.33. The molecule has 1 saturated heterocycles. The summed E-state index contributed by atoms with van der Waals surface area (Å²) in [4.78, 5) is 11.6. The van der Waals surface area contributed by atoms with Crippen LogP contribution in [0.1, 0.15) is 39.5 Å². The monoisotopic (exact) mass is 242 g/mol. The topological polar surface area (TPSA) is 50.4 Å². The highest BCUT2D eigenvalue weighted by atomic mass is 16.5. The molecule has 100 valence electrons. The Bertz CT molecular complexity index is 225. The summed E-state index contributed by atoms with van der Waals surface area (Å²) in [5.41, 5.74) is 0.220. The summed E-state index contributed by atoms with van der Waals surface area (Å²) in [7, 11) is 0. The van der Waals surface area contributed by atoms with Crippen molar-refractivity contribution < 1.29 is 9.53 Å². The van der Waals surface area contributed by atoms with E-state index in [0.717, 1.165) is 32.7 Å². The number of amides is 1. The molecule has 1 fully saturated rings. The largest absolute Gasteiger partial charge is 0.381 e. The molecule has 2 N–H and O–H groups in total. The molecule has 1 amide bonds. The van der Waals surface area contributed by atoms with Gasteiger partial charge in [-0.15, -0.1) is 0 Å². The van der Waals surface area contributed by atoms with E-state index in [9.17, 15) is 4.79 Å². The molecular formula is C13H26N2O2. The smallest absolute Gasteiger partial charge is 0.222 e. The quantitative estimate of drug-likeness (QED) is 0.662. The Balaban J connectivity index is 2.10. The minimum absolute atomic E-state index is 0.105. The van der Waals surface area contributed by atoms with Gasteiger partial charge < -0.3 is 15.4 Å². The Morgan fingerprint density at radius 1 is 1.47 bits per heavy atom. The van der Waals surface area contributed by atoms with Crippen molar-refractivity contribution in [3.63, 3.8) is 0 Å². The molecule has 0 radical (unpaired) electrons. The van der Waals surface area contributed by atoms with Crippen LogP contribution < -0.4 is 10.6 Å². The molecule has 0 bridgehead atoms. The second kappa shape index (κ2) is 7.67. The van der Waals surface area contributed by atoms with Crippen LogP contribution in [0.15, 0.2) is 0 Å². The highest BCUT2D eigenvalue weighted by molar-refractivity contribution is 5.75. The highest BCUT2D eigenvalue weighted by Crippen LogP contribution is 2.23. The second-order valence-corrected chi connectivity index (χ2v) is 5.23. The van der Waals surface area contributed by atoms with Crippen LogP contribution in [-0.4, -0.2) is 38.8 Å². The Morgan fingerprint density at radius 2 is 2.29 bits per heavy atom. The molecule has 0 aromatic rings. The van der Waals surface area contributed by atoms with E-state index >= 15 is 0 Å². The summed E-state index contributed by atoms with van der Waals surface area (Å²) in [5, 5.41) is 6.39. The van der Waals surface area contributed by atoms with E-state index in [4.69, 9.17) is 4.74 Å². The van der Waals surface area contributed by atoms with E-state index in [1.165, 1.54) is 12.8 Å². The molecule has 0 aromatic heterocycles. The number of piperidine rings is 1. The lowest BCUT2D eigenvalue weighted by molar-refractivity contribution is -0.122. The maximum atomic E-state index is 11.6. The van der Waals surface area contributed by atoms with Crippen LogP contribution in [0.5, 0.6) is 0 Å². The van der Waals surface area contributed by atoms with Crippen molar-refractivity contribution in [2.24, 2.45) is 5.41 Å². The highest BCUT2D eigenvalue weighted by Gasteiger charge is 2.26. The molecule has 1 atom stereocenters. The third-order valence-electron chi connectivity index (χ3n) is 3.22. The molecule has 0 saturated carbocycles. The fraction of sp³-hybridized carbons (Fsp3) is 0.923. The lowest BCUT2D eigenvalue weighted by atomic mass is 9.83. The van der Waals surface area contributed by atoms with E-state index in [0.29, 0.717) is 13.0 Å². The number of carbonyl (C=O) groups is 1. The van der Waals surface area contributed by atoms with E-state index < -0.39 is 0 Å². The molecule has 4 nitrogen and oxygen atoms in total. The van der Waals surface area contributed by atoms with Gasteiger partial charge in [-0.05, 0) is 31.2 Å². The number of nitrogens with one attached hydrogen (secondary N) is 2. The number of ether oxygens (including phenoxy) is 1. The number of hydrogen-bond donors (Lipinski definition) is 2. The first-order chi connectivity index (χ1) is 8.16. The number of hydrogen-bond acceptors (Lipinski definition) is 3. The summed E-state index contributed by atoms with van der Waals surface area (Å²) in [6.45, 7) is 8.45. The Labute approximate surface area is 104 Å². The first-order valence-electron chi connectivity index (χ1n) is 6.71. The average molecular weight is 242 g/mol. The van der Waals surface area contributed by atoms with Gasteiger partial charge in [0.1, 0.15) is 0 Å². The van der Waals surface area contributed by atoms with E-state index in [2.05, 4.69) is 24.5 Å². The first kappa shape index (κ1) is 14.5. The van der Waals surface area contributed by atoms with Crippen molar-refractivity contribution in [1.82, 2.24) is 10.6 Å². The zero-order chi connectivity index (χ0) is 12.6. The zero-order valence-electron chi connectivity index (χ0n) is 11.2. The number of rotatable bonds is 7. The minimum atomic E-state index is 0.105. The van der Waals surface area contributed by atoms with Crippen molar-refractivity contribution in [3.05, 3.63) is 0 Å². The van der Waals surface area contributed by atoms with Gasteiger partial charge in [-0.25, -0.2) is 0 Å². The molecular weight excluding hydrogens is 216 g/mol. The molecule has 4 heteroatoms. The van der Waals surface area contributed by atoms with Gasteiger partial charge in [0.25, 0.3) is 0 Å². The summed E-state index contributed by atoms with van der Waals surface area (Å²) >= 11 is 0. The lowest BCUT2D eigenvalue weighted by Crippen LogP contribution is -2.45. The van der Waals surface area contributed by atoms with Crippen LogP contribution in [-0.2, 0) is 9.53 Å². The summed E-state index contributed by atoms with van der Waals surface area (Å²) in [6.07, 6.45) is 3.87.